The number of hydrogen-bond acceptors (Lipinski definition) is 2. The average Bonchev–Trinajstić information content (AvgIpc) is 2.15. The normalized spacial score (nSPS) is 33.6. The van der Waals surface area contributed by atoms with Gasteiger partial charge in [-0.1, -0.05) is 6.92 Å². The first-order chi connectivity index (χ1) is 4.70. The summed E-state index contributed by atoms with van der Waals surface area (Å²) in [4.78, 5) is 2.25. The van der Waals surface area contributed by atoms with Crippen LogP contribution in [0.2, 0.25) is 0 Å². The summed E-state index contributed by atoms with van der Waals surface area (Å²) in [5.41, 5.74) is 0. The molecule has 0 aromatic heterocycles. The zero-order valence-corrected chi connectivity index (χ0v) is 7.22. The quantitative estimate of drug-likeness (QED) is 0.605. The predicted octanol–water partition coefficient (Wildman–Crippen LogP) is 0.546. The van der Waals surface area contributed by atoms with E-state index in [0.29, 0.717) is 0 Å². The Morgan fingerprint density at radius 2 is 2.20 bits per heavy atom. The third-order valence-corrected chi connectivity index (χ3v) is 2.25. The third kappa shape index (κ3) is 1.96. The van der Waals surface area contributed by atoms with Gasteiger partial charge in [0.1, 0.15) is 0 Å². The summed E-state index contributed by atoms with van der Waals surface area (Å²) in [7, 11) is 4.26. The number of nitrogens with zero attached hydrogens (tertiary/aromatic N) is 1. The highest BCUT2D eigenvalue weighted by Gasteiger charge is 2.22. The molecule has 2 nitrogen and oxygen atoms in total. The average molecular weight is 142 g/mol. The van der Waals surface area contributed by atoms with Crippen LogP contribution in [0.1, 0.15) is 13.3 Å². The molecule has 1 fully saturated rings. The molecule has 1 aliphatic heterocycles. The van der Waals surface area contributed by atoms with Crippen LogP contribution in [0.25, 0.3) is 0 Å². The van der Waals surface area contributed by atoms with E-state index < -0.39 is 0 Å². The van der Waals surface area contributed by atoms with E-state index in [-0.39, 0.29) is 0 Å². The Labute approximate surface area is 63.6 Å². The topological polar surface area (TPSA) is 15.3 Å². The van der Waals surface area contributed by atoms with Gasteiger partial charge in [-0.25, -0.2) is 0 Å². The van der Waals surface area contributed by atoms with Crippen LogP contribution in [0.15, 0.2) is 0 Å². The smallest absolute Gasteiger partial charge is 0.0220 e. The molecule has 2 heteroatoms. The summed E-state index contributed by atoms with van der Waals surface area (Å²) >= 11 is 0. The highest BCUT2D eigenvalue weighted by atomic mass is 15.1. The van der Waals surface area contributed by atoms with Crippen molar-refractivity contribution in [3.63, 3.8) is 0 Å². The lowest BCUT2D eigenvalue weighted by Gasteiger charge is -2.19. The van der Waals surface area contributed by atoms with Gasteiger partial charge in [-0.15, -0.1) is 0 Å². The maximum atomic E-state index is 3.50. The molecule has 0 radical (unpaired) electrons. The zero-order valence-electron chi connectivity index (χ0n) is 7.22. The Balaban J connectivity index is 2.26. The van der Waals surface area contributed by atoms with E-state index in [1.165, 1.54) is 19.5 Å². The SMILES string of the molecule is C[C@H]1CCN[C@@H]1CN(C)C. The summed E-state index contributed by atoms with van der Waals surface area (Å²) in [5.74, 6) is 0.863. The van der Waals surface area contributed by atoms with E-state index in [2.05, 4.69) is 31.2 Å². The van der Waals surface area contributed by atoms with Crippen LogP contribution in [-0.2, 0) is 0 Å². The van der Waals surface area contributed by atoms with Crippen LogP contribution < -0.4 is 5.32 Å². The van der Waals surface area contributed by atoms with E-state index in [4.69, 9.17) is 0 Å². The molecule has 0 unspecified atom stereocenters. The lowest BCUT2D eigenvalue weighted by molar-refractivity contribution is 0.323. The van der Waals surface area contributed by atoms with Crippen molar-refractivity contribution in [1.29, 1.82) is 0 Å². The Bertz CT molecular complexity index is 101. The van der Waals surface area contributed by atoms with Crippen molar-refractivity contribution in [2.24, 2.45) is 5.92 Å². The van der Waals surface area contributed by atoms with Gasteiger partial charge in [0.15, 0.2) is 0 Å². The van der Waals surface area contributed by atoms with Crippen LogP contribution in [-0.4, -0.2) is 38.1 Å². The second-order valence-electron chi connectivity index (χ2n) is 3.59. The van der Waals surface area contributed by atoms with Crippen molar-refractivity contribution in [3.05, 3.63) is 0 Å². The Morgan fingerprint density at radius 1 is 1.50 bits per heavy atom. The summed E-state index contributed by atoms with van der Waals surface area (Å²) in [6.07, 6.45) is 1.35. The lowest BCUT2D eigenvalue weighted by atomic mass is 10.0. The van der Waals surface area contributed by atoms with Crippen LogP contribution in [0.3, 0.4) is 0 Å². The second kappa shape index (κ2) is 3.35. The van der Waals surface area contributed by atoms with Crippen LogP contribution in [0.5, 0.6) is 0 Å². The molecule has 1 rings (SSSR count). The molecular formula is C8H18N2. The molecule has 0 saturated carbocycles. The zero-order chi connectivity index (χ0) is 7.56. The van der Waals surface area contributed by atoms with Crippen molar-refractivity contribution in [2.75, 3.05) is 27.2 Å². The maximum absolute atomic E-state index is 3.50. The first-order valence-corrected chi connectivity index (χ1v) is 4.08. The first kappa shape index (κ1) is 8.02. The highest BCUT2D eigenvalue weighted by Crippen LogP contribution is 2.14. The van der Waals surface area contributed by atoms with Gasteiger partial charge >= 0.3 is 0 Å². The van der Waals surface area contributed by atoms with E-state index >= 15 is 0 Å². The summed E-state index contributed by atoms with van der Waals surface area (Å²) in [5, 5.41) is 3.50. The molecule has 1 heterocycles. The summed E-state index contributed by atoms with van der Waals surface area (Å²) in [6.45, 7) is 4.72. The molecule has 0 bridgehead atoms. The largest absolute Gasteiger partial charge is 0.312 e. The Hall–Kier alpha value is -0.0800. The molecule has 2 atom stereocenters. The van der Waals surface area contributed by atoms with Gasteiger partial charge in [-0.3, -0.25) is 0 Å². The fraction of sp³-hybridized carbons (Fsp3) is 1.00. The molecule has 1 saturated heterocycles. The van der Waals surface area contributed by atoms with E-state index in [1.807, 2.05) is 0 Å². The van der Waals surface area contributed by atoms with E-state index in [1.54, 1.807) is 0 Å². The van der Waals surface area contributed by atoms with Gasteiger partial charge < -0.3 is 10.2 Å². The van der Waals surface area contributed by atoms with Gasteiger partial charge in [0.25, 0.3) is 0 Å². The van der Waals surface area contributed by atoms with Crippen LogP contribution in [0, 0.1) is 5.92 Å². The van der Waals surface area contributed by atoms with Gasteiger partial charge in [-0.05, 0) is 33.0 Å². The molecule has 1 aliphatic rings. The predicted molar refractivity (Wildman–Crippen MR) is 44.1 cm³/mol. The van der Waals surface area contributed by atoms with Gasteiger partial charge in [0.2, 0.25) is 0 Å². The minimum Gasteiger partial charge on any atom is -0.312 e. The monoisotopic (exact) mass is 142 g/mol. The van der Waals surface area contributed by atoms with Gasteiger partial charge in [0.05, 0.1) is 0 Å². The van der Waals surface area contributed by atoms with E-state index in [0.717, 1.165) is 12.0 Å². The molecule has 0 aromatic rings. The minimum absolute atomic E-state index is 0.731. The number of hydrogen-bond donors (Lipinski definition) is 1. The number of nitrogens with one attached hydrogen (secondary N) is 1. The fourth-order valence-corrected chi connectivity index (χ4v) is 1.54. The Kier molecular flexibility index (Phi) is 2.69. The molecular weight excluding hydrogens is 124 g/mol. The minimum atomic E-state index is 0.731. The van der Waals surface area contributed by atoms with Gasteiger partial charge in [0, 0.05) is 12.6 Å². The van der Waals surface area contributed by atoms with Crippen molar-refractivity contribution < 1.29 is 0 Å². The summed E-state index contributed by atoms with van der Waals surface area (Å²) in [6, 6.07) is 0.731. The molecule has 60 valence electrons. The highest BCUT2D eigenvalue weighted by molar-refractivity contribution is 4.82. The Morgan fingerprint density at radius 3 is 2.60 bits per heavy atom. The van der Waals surface area contributed by atoms with Crippen molar-refractivity contribution in [3.8, 4) is 0 Å². The van der Waals surface area contributed by atoms with Crippen LogP contribution in [0.4, 0.5) is 0 Å². The lowest BCUT2D eigenvalue weighted by Crippen LogP contribution is -2.36. The van der Waals surface area contributed by atoms with Gasteiger partial charge in [-0.2, -0.15) is 0 Å². The number of rotatable bonds is 2. The standard InChI is InChI=1S/C8H18N2/c1-7-4-5-9-8(7)6-10(2)3/h7-9H,4-6H2,1-3H3/t7-,8+/m0/s1. The second-order valence-corrected chi connectivity index (χ2v) is 3.59. The summed E-state index contributed by atoms with van der Waals surface area (Å²) < 4.78 is 0. The molecule has 10 heavy (non-hydrogen) atoms. The molecule has 0 aliphatic carbocycles. The maximum Gasteiger partial charge on any atom is 0.0220 e. The molecule has 0 aromatic carbocycles. The van der Waals surface area contributed by atoms with Crippen molar-refractivity contribution in [1.82, 2.24) is 10.2 Å². The fourth-order valence-electron chi connectivity index (χ4n) is 1.54. The third-order valence-electron chi connectivity index (χ3n) is 2.25. The van der Waals surface area contributed by atoms with Crippen LogP contribution >= 0.6 is 0 Å². The molecule has 1 N–H and O–H groups in total. The number of likely N-dealkylation sites (N-methyl/N-ethyl adjacent to an activating group) is 1. The molecule has 0 spiro atoms. The van der Waals surface area contributed by atoms with E-state index in [9.17, 15) is 0 Å². The first-order valence-electron chi connectivity index (χ1n) is 4.08. The molecule has 0 amide bonds. The van der Waals surface area contributed by atoms with Crippen molar-refractivity contribution >= 4 is 0 Å². The van der Waals surface area contributed by atoms with Crippen molar-refractivity contribution in [2.45, 2.75) is 19.4 Å².